The van der Waals surface area contributed by atoms with Crippen LogP contribution in [0.5, 0.6) is 0 Å². The predicted molar refractivity (Wildman–Crippen MR) is 43.4 cm³/mol. The van der Waals surface area contributed by atoms with Crippen molar-refractivity contribution in [1.82, 2.24) is 0 Å². The molecule has 0 saturated heterocycles. The van der Waals surface area contributed by atoms with Crippen LogP contribution >= 0.6 is 0 Å². The summed E-state index contributed by atoms with van der Waals surface area (Å²) in [6.07, 6.45) is -5.93. The van der Waals surface area contributed by atoms with Gasteiger partial charge in [-0.3, -0.25) is 9.59 Å². The van der Waals surface area contributed by atoms with Gasteiger partial charge in [0, 0.05) is 0 Å². The van der Waals surface area contributed by atoms with Gasteiger partial charge in [0.2, 0.25) is 6.10 Å². The quantitative estimate of drug-likeness (QED) is 0.299. The molecule has 0 fully saturated rings. The van der Waals surface area contributed by atoms with Crippen molar-refractivity contribution in [3.8, 4) is 0 Å². The van der Waals surface area contributed by atoms with Crippen molar-refractivity contribution < 1.29 is 44.3 Å². The molecule has 0 aromatic rings. The molecule has 90 valence electrons. The van der Waals surface area contributed by atoms with Crippen LogP contribution in [0, 0.1) is 0 Å². The standard InChI is InChI=1S/C7H8O9/c8-2(9)1-3(10)16-5(7(14)15)4(11)6(12)13/h4-5,11H,1H2,(H,8,9)(H,12,13)(H,14,15). The fourth-order valence-corrected chi connectivity index (χ4v) is 0.686. The van der Waals surface area contributed by atoms with Gasteiger partial charge < -0.3 is 25.2 Å². The first-order valence-corrected chi connectivity index (χ1v) is 3.80. The van der Waals surface area contributed by atoms with E-state index in [0.717, 1.165) is 0 Å². The third-order valence-corrected chi connectivity index (χ3v) is 1.34. The first-order valence-electron chi connectivity index (χ1n) is 3.80. The van der Waals surface area contributed by atoms with E-state index in [-0.39, 0.29) is 0 Å². The minimum absolute atomic E-state index is 1.13. The topological polar surface area (TPSA) is 158 Å². The lowest BCUT2D eigenvalue weighted by molar-refractivity contribution is -0.179. The van der Waals surface area contributed by atoms with Crippen LogP contribution < -0.4 is 0 Å². The molecule has 2 atom stereocenters. The summed E-state index contributed by atoms with van der Waals surface area (Å²) in [5.41, 5.74) is 0. The number of esters is 1. The highest BCUT2D eigenvalue weighted by atomic mass is 16.6. The van der Waals surface area contributed by atoms with Crippen molar-refractivity contribution in [3.63, 3.8) is 0 Å². The number of carboxylic acids is 3. The second kappa shape index (κ2) is 5.66. The van der Waals surface area contributed by atoms with Gasteiger partial charge in [0.1, 0.15) is 6.42 Å². The molecule has 9 heteroatoms. The Morgan fingerprint density at radius 1 is 1.00 bits per heavy atom. The van der Waals surface area contributed by atoms with E-state index in [1.165, 1.54) is 0 Å². The number of carbonyl (C=O) groups excluding carboxylic acids is 1. The number of hydrogen-bond acceptors (Lipinski definition) is 6. The van der Waals surface area contributed by atoms with Crippen LogP contribution in [0.3, 0.4) is 0 Å². The number of carbonyl (C=O) groups is 4. The molecule has 0 aliphatic carbocycles. The fraction of sp³-hybridized carbons (Fsp3) is 0.429. The molecule has 2 unspecified atom stereocenters. The maximum atomic E-state index is 10.7. The van der Waals surface area contributed by atoms with Crippen LogP contribution in [0.15, 0.2) is 0 Å². The molecule has 0 aromatic heterocycles. The molecule has 0 saturated carbocycles. The molecule has 0 aliphatic rings. The van der Waals surface area contributed by atoms with E-state index in [1.54, 1.807) is 0 Å². The van der Waals surface area contributed by atoms with E-state index >= 15 is 0 Å². The normalized spacial score (nSPS) is 13.6. The van der Waals surface area contributed by atoms with Crippen molar-refractivity contribution in [1.29, 1.82) is 0 Å². The Labute approximate surface area is 87.9 Å². The van der Waals surface area contributed by atoms with Gasteiger partial charge in [-0.15, -0.1) is 0 Å². The molecular formula is C7H8O9. The van der Waals surface area contributed by atoms with Crippen molar-refractivity contribution in [2.45, 2.75) is 18.6 Å². The lowest BCUT2D eigenvalue weighted by atomic mass is 10.2. The Kier molecular flexibility index (Phi) is 4.89. The van der Waals surface area contributed by atoms with Crippen LogP contribution in [-0.2, 0) is 23.9 Å². The van der Waals surface area contributed by atoms with E-state index in [4.69, 9.17) is 20.4 Å². The highest BCUT2D eigenvalue weighted by Crippen LogP contribution is 2.03. The predicted octanol–water partition coefficient (Wildman–Crippen LogP) is -2.10. The van der Waals surface area contributed by atoms with Gasteiger partial charge in [-0.2, -0.15) is 0 Å². The van der Waals surface area contributed by atoms with Crippen molar-refractivity contribution >= 4 is 23.9 Å². The number of hydrogen-bond donors (Lipinski definition) is 4. The summed E-state index contributed by atoms with van der Waals surface area (Å²) < 4.78 is 4.00. The SMILES string of the molecule is O=C(O)CC(=O)OC(C(=O)O)C(O)C(=O)O. The number of aliphatic hydroxyl groups excluding tert-OH is 1. The number of rotatable bonds is 6. The molecule has 16 heavy (non-hydrogen) atoms. The summed E-state index contributed by atoms with van der Waals surface area (Å²) in [6, 6.07) is 0. The summed E-state index contributed by atoms with van der Waals surface area (Å²) >= 11 is 0. The summed E-state index contributed by atoms with van der Waals surface area (Å²) in [4.78, 5) is 41.4. The molecule has 0 spiro atoms. The van der Waals surface area contributed by atoms with Crippen molar-refractivity contribution in [3.05, 3.63) is 0 Å². The molecule has 0 aromatic carbocycles. The Balaban J connectivity index is 4.58. The van der Waals surface area contributed by atoms with Gasteiger partial charge in [-0.05, 0) is 0 Å². The summed E-state index contributed by atoms with van der Waals surface area (Å²) in [5.74, 6) is -6.83. The first-order chi connectivity index (χ1) is 7.25. The highest BCUT2D eigenvalue weighted by molar-refractivity contribution is 5.92. The van der Waals surface area contributed by atoms with Gasteiger partial charge in [0.15, 0.2) is 6.10 Å². The molecule has 0 heterocycles. The maximum Gasteiger partial charge on any atom is 0.348 e. The smallest absolute Gasteiger partial charge is 0.348 e. The van der Waals surface area contributed by atoms with E-state index in [9.17, 15) is 19.2 Å². The van der Waals surface area contributed by atoms with E-state index < -0.39 is 42.5 Å². The lowest BCUT2D eigenvalue weighted by Crippen LogP contribution is -2.43. The monoisotopic (exact) mass is 236 g/mol. The van der Waals surface area contributed by atoms with Gasteiger partial charge in [0.25, 0.3) is 0 Å². The Bertz CT molecular complexity index is 320. The Morgan fingerprint density at radius 2 is 1.50 bits per heavy atom. The molecule has 0 radical (unpaired) electrons. The lowest BCUT2D eigenvalue weighted by Gasteiger charge is -2.15. The Hall–Kier alpha value is -2.16. The van der Waals surface area contributed by atoms with Crippen molar-refractivity contribution in [2.75, 3.05) is 0 Å². The molecule has 0 bridgehead atoms. The molecule has 0 amide bonds. The van der Waals surface area contributed by atoms with Crippen LogP contribution in [0.4, 0.5) is 0 Å². The minimum Gasteiger partial charge on any atom is -0.481 e. The second-order valence-electron chi connectivity index (χ2n) is 2.60. The maximum absolute atomic E-state index is 10.7. The molecule has 4 N–H and O–H groups in total. The van der Waals surface area contributed by atoms with Crippen LogP contribution in [0.2, 0.25) is 0 Å². The average molecular weight is 236 g/mol. The van der Waals surface area contributed by atoms with Gasteiger partial charge in [-0.1, -0.05) is 0 Å². The number of carboxylic acid groups (broad SMARTS) is 3. The van der Waals surface area contributed by atoms with Crippen LogP contribution in [0.25, 0.3) is 0 Å². The second-order valence-corrected chi connectivity index (χ2v) is 2.60. The zero-order valence-electron chi connectivity index (χ0n) is 7.69. The number of ether oxygens (including phenoxy) is 1. The third-order valence-electron chi connectivity index (χ3n) is 1.34. The van der Waals surface area contributed by atoms with Gasteiger partial charge in [0.05, 0.1) is 0 Å². The summed E-state index contributed by atoms with van der Waals surface area (Å²) in [5, 5.41) is 33.7. The van der Waals surface area contributed by atoms with E-state index in [2.05, 4.69) is 4.74 Å². The highest BCUT2D eigenvalue weighted by Gasteiger charge is 2.35. The van der Waals surface area contributed by atoms with Gasteiger partial charge in [-0.25, -0.2) is 9.59 Å². The Morgan fingerprint density at radius 3 is 1.81 bits per heavy atom. The zero-order chi connectivity index (χ0) is 12.9. The molecular weight excluding hydrogens is 228 g/mol. The van der Waals surface area contributed by atoms with Gasteiger partial charge >= 0.3 is 23.9 Å². The number of aliphatic carboxylic acids is 3. The van der Waals surface area contributed by atoms with Crippen LogP contribution in [0.1, 0.15) is 6.42 Å². The molecule has 0 rings (SSSR count). The largest absolute Gasteiger partial charge is 0.481 e. The molecule has 0 aliphatic heterocycles. The van der Waals surface area contributed by atoms with Crippen molar-refractivity contribution in [2.24, 2.45) is 0 Å². The zero-order valence-corrected chi connectivity index (χ0v) is 7.69. The molecule has 9 nitrogen and oxygen atoms in total. The number of aliphatic hydroxyl groups is 1. The fourth-order valence-electron chi connectivity index (χ4n) is 0.686. The third kappa shape index (κ3) is 4.37. The first kappa shape index (κ1) is 13.8. The average Bonchev–Trinajstić information content (AvgIpc) is 2.11. The minimum atomic E-state index is -2.46. The van der Waals surface area contributed by atoms with E-state index in [1.807, 2.05) is 0 Å². The summed E-state index contributed by atoms with van der Waals surface area (Å²) in [6.45, 7) is 0. The summed E-state index contributed by atoms with van der Waals surface area (Å²) in [7, 11) is 0. The van der Waals surface area contributed by atoms with E-state index in [0.29, 0.717) is 0 Å². The van der Waals surface area contributed by atoms with Crippen LogP contribution in [-0.4, -0.2) is 56.5 Å².